The van der Waals surface area contributed by atoms with Gasteiger partial charge in [0.25, 0.3) is 5.91 Å². The van der Waals surface area contributed by atoms with Crippen molar-refractivity contribution in [1.82, 2.24) is 20.8 Å². The Balaban J connectivity index is 1.47. The summed E-state index contributed by atoms with van der Waals surface area (Å²) in [6, 6.07) is -1.71. The third kappa shape index (κ3) is 4.08. The number of amides is 3. The number of hydroxylamine groups is 3. The van der Waals surface area contributed by atoms with Crippen LogP contribution in [0.5, 0.6) is 0 Å². The Bertz CT molecular complexity index is 555. The average molecular weight is 380 g/mol. The molecule has 10 nitrogen and oxygen atoms in total. The summed E-state index contributed by atoms with van der Waals surface area (Å²) in [6.07, 6.45) is 1.52. The van der Waals surface area contributed by atoms with E-state index in [9.17, 15) is 18.2 Å². The smallest absolute Gasteiger partial charge is 0.311 e. The number of fused-ring (bicyclic) bond motifs is 2. The van der Waals surface area contributed by atoms with Crippen LogP contribution in [-0.2, 0) is 25.3 Å². The van der Waals surface area contributed by atoms with Crippen LogP contribution in [0.4, 0.5) is 9.18 Å². The standard InChI is InChI=1S/C13H21FN4O6S/c14-4-8-3-9(15-5-8)7-23-16-12(19)11-2-1-10-6-17(11)13(20)18(10)24-25(21)22/h8-11,15H,1-7H2,(H,16,19)(H,21,22)/t8-,9+,10?,11?/m0/s1. The zero-order valence-corrected chi connectivity index (χ0v) is 14.2. The number of halogens is 1. The second-order valence-electron chi connectivity index (χ2n) is 6.44. The molecular formula is C13H21FN4O6S. The Morgan fingerprint density at radius 3 is 2.96 bits per heavy atom. The Hall–Kier alpha value is -1.34. The maximum absolute atomic E-state index is 12.6. The van der Waals surface area contributed by atoms with Crippen LogP contribution in [0.25, 0.3) is 0 Å². The molecule has 0 saturated carbocycles. The molecule has 0 aromatic heterocycles. The van der Waals surface area contributed by atoms with Crippen molar-refractivity contribution in [2.24, 2.45) is 5.92 Å². The molecule has 3 N–H and O–H groups in total. The van der Waals surface area contributed by atoms with E-state index in [0.717, 1.165) is 5.06 Å². The van der Waals surface area contributed by atoms with E-state index in [1.54, 1.807) is 0 Å². The van der Waals surface area contributed by atoms with Gasteiger partial charge in [0.05, 0.1) is 19.3 Å². The third-order valence-electron chi connectivity index (χ3n) is 4.76. The first-order chi connectivity index (χ1) is 12.0. The quantitative estimate of drug-likeness (QED) is 0.395. The van der Waals surface area contributed by atoms with Gasteiger partial charge in [-0.15, -0.1) is 4.28 Å². The Morgan fingerprint density at radius 2 is 2.28 bits per heavy atom. The fraction of sp³-hybridized carbons (Fsp3) is 0.846. The first kappa shape index (κ1) is 18.5. The number of alkyl halides is 1. The van der Waals surface area contributed by atoms with Gasteiger partial charge in [-0.1, -0.05) is 0 Å². The van der Waals surface area contributed by atoms with Crippen molar-refractivity contribution in [3.8, 4) is 0 Å². The summed E-state index contributed by atoms with van der Waals surface area (Å²) in [5.74, 6) is -0.483. The number of urea groups is 1. The topological polar surface area (TPSA) is 120 Å². The molecule has 25 heavy (non-hydrogen) atoms. The SMILES string of the molecule is O=C(NOC[C@H]1C[C@@H](CF)CN1)C1CCC2CN1C(=O)N2OS(=O)O. The fourth-order valence-corrected chi connectivity index (χ4v) is 3.82. The number of hydrogen-bond donors (Lipinski definition) is 3. The van der Waals surface area contributed by atoms with Gasteiger partial charge in [-0.3, -0.25) is 18.6 Å². The van der Waals surface area contributed by atoms with Crippen molar-refractivity contribution in [2.45, 2.75) is 37.4 Å². The highest BCUT2D eigenvalue weighted by atomic mass is 32.2. The van der Waals surface area contributed by atoms with Crippen molar-refractivity contribution in [2.75, 3.05) is 26.4 Å². The zero-order valence-electron chi connectivity index (χ0n) is 13.4. The summed E-state index contributed by atoms with van der Waals surface area (Å²) in [6.45, 7) is 0.668. The molecule has 3 amide bonds. The second kappa shape index (κ2) is 7.91. The molecule has 3 rings (SSSR count). The number of hydrogen-bond acceptors (Lipinski definition) is 6. The van der Waals surface area contributed by atoms with Crippen molar-refractivity contribution in [1.29, 1.82) is 0 Å². The summed E-state index contributed by atoms with van der Waals surface area (Å²) in [7, 11) is 0. The van der Waals surface area contributed by atoms with Gasteiger partial charge in [-0.25, -0.2) is 10.3 Å². The third-order valence-corrected chi connectivity index (χ3v) is 5.05. The zero-order chi connectivity index (χ0) is 18.0. The van der Waals surface area contributed by atoms with Gasteiger partial charge in [-0.05, 0) is 19.3 Å². The average Bonchev–Trinajstić information content (AvgIpc) is 3.14. The maximum Gasteiger partial charge on any atom is 0.346 e. The first-order valence-electron chi connectivity index (χ1n) is 8.09. The summed E-state index contributed by atoms with van der Waals surface area (Å²) in [4.78, 5) is 31.0. The van der Waals surface area contributed by atoms with Crippen LogP contribution in [0.1, 0.15) is 19.3 Å². The van der Waals surface area contributed by atoms with Crippen LogP contribution < -0.4 is 10.8 Å². The lowest BCUT2D eigenvalue weighted by atomic mass is 10.0. The molecule has 3 aliphatic heterocycles. The molecule has 3 heterocycles. The van der Waals surface area contributed by atoms with Crippen LogP contribution in [0.3, 0.4) is 0 Å². The minimum absolute atomic E-state index is 0.0198. The molecule has 142 valence electrons. The summed E-state index contributed by atoms with van der Waals surface area (Å²) >= 11 is -2.60. The summed E-state index contributed by atoms with van der Waals surface area (Å²) in [5.41, 5.74) is 2.34. The van der Waals surface area contributed by atoms with Crippen molar-refractivity contribution in [3.63, 3.8) is 0 Å². The molecule has 0 aliphatic carbocycles. The van der Waals surface area contributed by atoms with Gasteiger partial charge < -0.3 is 10.2 Å². The Morgan fingerprint density at radius 1 is 1.48 bits per heavy atom. The van der Waals surface area contributed by atoms with Gasteiger partial charge in [0.2, 0.25) is 0 Å². The van der Waals surface area contributed by atoms with E-state index in [4.69, 9.17) is 9.39 Å². The highest BCUT2D eigenvalue weighted by molar-refractivity contribution is 7.74. The number of nitrogens with zero attached hydrogens (tertiary/aromatic N) is 2. The molecule has 3 saturated heterocycles. The minimum atomic E-state index is -2.60. The number of rotatable bonds is 7. The lowest BCUT2D eigenvalue weighted by Crippen LogP contribution is -2.50. The molecular weight excluding hydrogens is 359 g/mol. The van der Waals surface area contributed by atoms with E-state index in [2.05, 4.69) is 15.1 Å². The van der Waals surface area contributed by atoms with Crippen LogP contribution in [0.2, 0.25) is 0 Å². The van der Waals surface area contributed by atoms with Crippen LogP contribution >= 0.6 is 0 Å². The molecule has 2 bridgehead atoms. The number of piperidine rings is 1. The molecule has 0 radical (unpaired) electrons. The van der Waals surface area contributed by atoms with Crippen molar-refractivity contribution < 1.29 is 31.9 Å². The Labute approximate surface area is 146 Å². The summed E-state index contributed by atoms with van der Waals surface area (Å²) < 4.78 is 36.7. The molecule has 5 atom stereocenters. The van der Waals surface area contributed by atoms with E-state index in [1.165, 1.54) is 4.90 Å². The predicted octanol–water partition coefficient (Wildman–Crippen LogP) is -0.681. The van der Waals surface area contributed by atoms with E-state index >= 15 is 0 Å². The van der Waals surface area contributed by atoms with E-state index in [0.29, 0.717) is 25.8 Å². The van der Waals surface area contributed by atoms with E-state index in [1.807, 2.05) is 0 Å². The molecule has 0 spiro atoms. The van der Waals surface area contributed by atoms with Gasteiger partial charge >= 0.3 is 17.4 Å². The second-order valence-corrected chi connectivity index (χ2v) is 7.02. The first-order valence-corrected chi connectivity index (χ1v) is 9.13. The summed E-state index contributed by atoms with van der Waals surface area (Å²) in [5, 5.41) is 3.96. The van der Waals surface area contributed by atoms with Crippen LogP contribution in [-0.4, -0.2) is 75.2 Å². The van der Waals surface area contributed by atoms with Crippen molar-refractivity contribution in [3.05, 3.63) is 0 Å². The predicted molar refractivity (Wildman–Crippen MR) is 82.6 cm³/mol. The van der Waals surface area contributed by atoms with Crippen LogP contribution in [0, 0.1) is 5.92 Å². The highest BCUT2D eigenvalue weighted by Crippen LogP contribution is 2.30. The maximum atomic E-state index is 12.6. The van der Waals surface area contributed by atoms with Crippen molar-refractivity contribution >= 4 is 23.3 Å². The molecule has 3 unspecified atom stereocenters. The fourth-order valence-electron chi connectivity index (χ4n) is 3.50. The molecule has 3 fully saturated rings. The molecule has 12 heteroatoms. The Kier molecular flexibility index (Phi) is 5.84. The monoisotopic (exact) mass is 380 g/mol. The van der Waals surface area contributed by atoms with Gasteiger partial charge in [0, 0.05) is 25.0 Å². The molecule has 3 aliphatic rings. The molecule has 0 aromatic carbocycles. The minimum Gasteiger partial charge on any atom is -0.311 e. The van der Waals surface area contributed by atoms with Gasteiger partial charge in [0.15, 0.2) is 0 Å². The number of nitrogens with one attached hydrogen (secondary N) is 2. The lowest BCUT2D eigenvalue weighted by molar-refractivity contribution is -0.139. The lowest BCUT2D eigenvalue weighted by Gasteiger charge is -2.29. The largest absolute Gasteiger partial charge is 0.346 e. The van der Waals surface area contributed by atoms with Gasteiger partial charge in [0.1, 0.15) is 6.04 Å². The number of carbonyl (C=O) groups excluding carboxylic acids is 2. The highest BCUT2D eigenvalue weighted by Gasteiger charge is 2.48. The van der Waals surface area contributed by atoms with E-state index < -0.39 is 29.3 Å². The normalized spacial score (nSPS) is 33.0. The van der Waals surface area contributed by atoms with Crippen LogP contribution in [0.15, 0.2) is 0 Å². The van der Waals surface area contributed by atoms with E-state index in [-0.39, 0.29) is 37.8 Å². The molecule has 0 aromatic rings. The van der Waals surface area contributed by atoms with Gasteiger partial charge in [-0.2, -0.15) is 9.27 Å². The number of carbonyl (C=O) groups is 2.